The third kappa shape index (κ3) is 3.26. The van der Waals surface area contributed by atoms with Crippen LogP contribution in [-0.2, 0) is 0 Å². The van der Waals surface area contributed by atoms with E-state index in [2.05, 4.69) is 10.6 Å². The zero-order valence-corrected chi connectivity index (χ0v) is 11.5. The summed E-state index contributed by atoms with van der Waals surface area (Å²) in [7, 11) is 0. The molecule has 1 fully saturated rings. The largest absolute Gasteiger partial charge is 0.385 e. The Bertz CT molecular complexity index is 510. The van der Waals surface area contributed by atoms with E-state index in [1.54, 1.807) is 12.1 Å². The molecule has 0 aliphatic heterocycles. The molecule has 0 spiro atoms. The first-order chi connectivity index (χ1) is 9.61. The Labute approximate surface area is 117 Å². The molecule has 0 bridgehead atoms. The maximum Gasteiger partial charge on any atom is 0.282 e. The van der Waals surface area contributed by atoms with Gasteiger partial charge in [0.1, 0.15) is 5.56 Å². The first kappa shape index (κ1) is 14.3. The second kappa shape index (κ2) is 6.36. The maximum atomic E-state index is 12.2. The number of carbonyl (C=O) groups is 1. The number of nitro groups is 1. The highest BCUT2D eigenvalue weighted by molar-refractivity contribution is 5.99. The number of carbonyl (C=O) groups excluding carboxylic acids is 1. The summed E-state index contributed by atoms with van der Waals surface area (Å²) in [6.45, 7) is 2.63. The highest BCUT2D eigenvalue weighted by Crippen LogP contribution is 2.24. The number of nitrogens with zero attached hydrogens (tertiary/aromatic N) is 1. The summed E-state index contributed by atoms with van der Waals surface area (Å²) in [5, 5.41) is 17.0. The Morgan fingerprint density at radius 3 is 2.70 bits per heavy atom. The smallest absolute Gasteiger partial charge is 0.282 e. The van der Waals surface area contributed by atoms with Gasteiger partial charge < -0.3 is 10.6 Å². The Hall–Kier alpha value is -2.11. The fraction of sp³-hybridized carbons (Fsp3) is 0.500. The molecule has 2 rings (SSSR count). The molecule has 0 radical (unpaired) electrons. The summed E-state index contributed by atoms with van der Waals surface area (Å²) >= 11 is 0. The maximum absolute atomic E-state index is 12.2. The van der Waals surface area contributed by atoms with Crippen molar-refractivity contribution in [2.75, 3.05) is 11.9 Å². The fourth-order valence-corrected chi connectivity index (χ4v) is 2.52. The molecule has 0 aromatic heterocycles. The van der Waals surface area contributed by atoms with Crippen LogP contribution in [0.4, 0.5) is 11.4 Å². The van der Waals surface area contributed by atoms with Gasteiger partial charge in [0.25, 0.3) is 11.6 Å². The van der Waals surface area contributed by atoms with Gasteiger partial charge in [0.05, 0.1) is 4.92 Å². The van der Waals surface area contributed by atoms with E-state index in [1.807, 2.05) is 6.92 Å². The second-order valence-electron chi connectivity index (χ2n) is 4.97. The van der Waals surface area contributed by atoms with E-state index in [-0.39, 0.29) is 23.2 Å². The summed E-state index contributed by atoms with van der Waals surface area (Å²) in [5.74, 6) is -0.358. The van der Waals surface area contributed by atoms with Crippen LogP contribution in [-0.4, -0.2) is 23.4 Å². The highest BCUT2D eigenvalue weighted by atomic mass is 16.6. The lowest BCUT2D eigenvalue weighted by Gasteiger charge is -2.13. The predicted molar refractivity (Wildman–Crippen MR) is 77.0 cm³/mol. The minimum absolute atomic E-state index is 0.125. The second-order valence-corrected chi connectivity index (χ2v) is 4.97. The molecule has 0 heterocycles. The Morgan fingerprint density at radius 1 is 1.40 bits per heavy atom. The average Bonchev–Trinajstić information content (AvgIpc) is 2.91. The standard InChI is InChI=1S/C14H19N3O3/c1-2-15-11-7-8-13(17(19)20)12(9-11)14(18)16-10-5-3-4-6-10/h7-10,15H,2-6H2,1H3,(H,16,18). The number of amides is 1. The van der Waals surface area contributed by atoms with Crippen LogP contribution in [0.3, 0.4) is 0 Å². The molecular weight excluding hydrogens is 258 g/mol. The van der Waals surface area contributed by atoms with Crippen molar-refractivity contribution in [1.82, 2.24) is 5.32 Å². The summed E-state index contributed by atoms with van der Waals surface area (Å²) < 4.78 is 0. The third-order valence-electron chi connectivity index (χ3n) is 3.51. The van der Waals surface area contributed by atoms with Crippen molar-refractivity contribution in [1.29, 1.82) is 0 Å². The molecule has 1 saturated carbocycles. The number of anilines is 1. The van der Waals surface area contributed by atoms with Crippen LogP contribution in [0.1, 0.15) is 43.0 Å². The number of rotatable bonds is 5. The minimum Gasteiger partial charge on any atom is -0.385 e. The lowest BCUT2D eigenvalue weighted by molar-refractivity contribution is -0.385. The van der Waals surface area contributed by atoms with Crippen molar-refractivity contribution in [2.24, 2.45) is 0 Å². The summed E-state index contributed by atoms with van der Waals surface area (Å²) in [6.07, 6.45) is 4.10. The number of nitrogens with one attached hydrogen (secondary N) is 2. The normalized spacial score (nSPS) is 15.1. The molecule has 0 unspecified atom stereocenters. The van der Waals surface area contributed by atoms with Gasteiger partial charge in [0.2, 0.25) is 0 Å². The van der Waals surface area contributed by atoms with Crippen molar-refractivity contribution >= 4 is 17.3 Å². The molecule has 1 amide bonds. The van der Waals surface area contributed by atoms with Crippen molar-refractivity contribution in [3.05, 3.63) is 33.9 Å². The van der Waals surface area contributed by atoms with Gasteiger partial charge >= 0.3 is 0 Å². The molecule has 108 valence electrons. The number of nitro benzene ring substituents is 1. The van der Waals surface area contributed by atoms with Crippen LogP contribution in [0.15, 0.2) is 18.2 Å². The van der Waals surface area contributed by atoms with Gasteiger partial charge in [0, 0.05) is 24.3 Å². The van der Waals surface area contributed by atoms with Crippen molar-refractivity contribution < 1.29 is 9.72 Å². The van der Waals surface area contributed by atoms with E-state index in [4.69, 9.17) is 0 Å². The van der Waals surface area contributed by atoms with Crippen LogP contribution in [0.2, 0.25) is 0 Å². The van der Waals surface area contributed by atoms with Crippen molar-refractivity contribution in [3.63, 3.8) is 0 Å². The number of hydrogen-bond acceptors (Lipinski definition) is 4. The Morgan fingerprint density at radius 2 is 2.10 bits per heavy atom. The van der Waals surface area contributed by atoms with E-state index in [1.165, 1.54) is 6.07 Å². The zero-order valence-electron chi connectivity index (χ0n) is 11.5. The third-order valence-corrected chi connectivity index (χ3v) is 3.51. The topological polar surface area (TPSA) is 84.3 Å². The quantitative estimate of drug-likeness (QED) is 0.640. The minimum atomic E-state index is -0.515. The van der Waals surface area contributed by atoms with Gasteiger partial charge in [-0.15, -0.1) is 0 Å². The zero-order chi connectivity index (χ0) is 14.5. The van der Waals surface area contributed by atoms with Crippen LogP contribution >= 0.6 is 0 Å². The van der Waals surface area contributed by atoms with Gasteiger partial charge in [-0.2, -0.15) is 0 Å². The molecule has 0 atom stereocenters. The average molecular weight is 277 g/mol. The molecule has 1 aromatic rings. The first-order valence-corrected chi connectivity index (χ1v) is 6.95. The van der Waals surface area contributed by atoms with E-state index in [9.17, 15) is 14.9 Å². The van der Waals surface area contributed by atoms with Crippen LogP contribution in [0.5, 0.6) is 0 Å². The number of benzene rings is 1. The summed E-state index contributed by atoms with van der Waals surface area (Å²) in [5.41, 5.74) is 0.692. The van der Waals surface area contributed by atoms with Crippen LogP contribution < -0.4 is 10.6 Å². The lowest BCUT2D eigenvalue weighted by Crippen LogP contribution is -2.33. The molecular formula is C14H19N3O3. The van der Waals surface area contributed by atoms with E-state index >= 15 is 0 Å². The van der Waals surface area contributed by atoms with Gasteiger partial charge in [-0.1, -0.05) is 12.8 Å². The van der Waals surface area contributed by atoms with Gasteiger partial charge in [-0.3, -0.25) is 14.9 Å². The molecule has 6 heteroatoms. The van der Waals surface area contributed by atoms with E-state index in [0.717, 1.165) is 31.4 Å². The van der Waals surface area contributed by atoms with Crippen LogP contribution in [0.25, 0.3) is 0 Å². The van der Waals surface area contributed by atoms with Crippen molar-refractivity contribution in [2.45, 2.75) is 38.6 Å². The molecule has 2 N–H and O–H groups in total. The SMILES string of the molecule is CCNc1ccc([N+](=O)[O-])c(C(=O)NC2CCCC2)c1. The Kier molecular flexibility index (Phi) is 4.55. The monoisotopic (exact) mass is 277 g/mol. The summed E-state index contributed by atoms with van der Waals surface area (Å²) in [6, 6.07) is 4.69. The van der Waals surface area contributed by atoms with Gasteiger partial charge in [-0.25, -0.2) is 0 Å². The molecule has 20 heavy (non-hydrogen) atoms. The highest BCUT2D eigenvalue weighted by Gasteiger charge is 2.24. The van der Waals surface area contributed by atoms with Crippen LogP contribution in [0, 0.1) is 10.1 Å². The number of hydrogen-bond donors (Lipinski definition) is 2. The van der Waals surface area contributed by atoms with Gasteiger partial charge in [0.15, 0.2) is 0 Å². The van der Waals surface area contributed by atoms with Gasteiger partial charge in [-0.05, 0) is 31.9 Å². The first-order valence-electron chi connectivity index (χ1n) is 6.95. The van der Waals surface area contributed by atoms with Crippen molar-refractivity contribution in [3.8, 4) is 0 Å². The predicted octanol–water partition coefficient (Wildman–Crippen LogP) is 2.70. The van der Waals surface area contributed by atoms with E-state index in [0.29, 0.717) is 6.54 Å². The molecule has 0 saturated heterocycles. The summed E-state index contributed by atoms with van der Waals surface area (Å²) in [4.78, 5) is 22.8. The molecule has 1 aliphatic carbocycles. The molecule has 1 aromatic carbocycles. The molecule has 1 aliphatic rings. The lowest BCUT2D eigenvalue weighted by atomic mass is 10.1. The van der Waals surface area contributed by atoms with E-state index < -0.39 is 4.92 Å². The Balaban J connectivity index is 2.23. The fourth-order valence-electron chi connectivity index (χ4n) is 2.52. The molecule has 6 nitrogen and oxygen atoms in total.